The summed E-state index contributed by atoms with van der Waals surface area (Å²) < 4.78 is 23.7. The second kappa shape index (κ2) is 6.42. The lowest BCUT2D eigenvalue weighted by atomic mass is 9.86. The fourth-order valence-corrected chi connectivity index (χ4v) is 2.54. The Morgan fingerprint density at radius 2 is 2.22 bits per heavy atom. The SMILES string of the molecule is [2H]CC1CC([B])CC1OCOCC1OC([B])CC1O. The van der Waals surface area contributed by atoms with Crippen molar-refractivity contribution in [1.29, 1.82) is 0 Å². The van der Waals surface area contributed by atoms with Crippen molar-refractivity contribution >= 4 is 15.7 Å². The topological polar surface area (TPSA) is 47.9 Å². The van der Waals surface area contributed by atoms with Gasteiger partial charge in [0.2, 0.25) is 0 Å². The summed E-state index contributed by atoms with van der Waals surface area (Å²) in [6.07, 6.45) is 1.11. The summed E-state index contributed by atoms with van der Waals surface area (Å²) in [6, 6.07) is -0.412. The number of rotatable bonds is 5. The number of aliphatic hydroxyl groups excluding tert-OH is 1. The highest BCUT2D eigenvalue weighted by Gasteiger charge is 2.32. The molecule has 0 amide bonds. The monoisotopic (exact) mass is 251 g/mol. The Balaban J connectivity index is 1.61. The Morgan fingerprint density at radius 1 is 1.39 bits per heavy atom. The van der Waals surface area contributed by atoms with E-state index in [0.29, 0.717) is 13.3 Å². The minimum Gasteiger partial charge on any atom is -0.390 e. The molecule has 98 valence electrons. The van der Waals surface area contributed by atoms with E-state index in [1.54, 1.807) is 0 Å². The molecule has 4 nitrogen and oxygen atoms in total. The maximum atomic E-state index is 9.62. The molecule has 1 saturated carbocycles. The van der Waals surface area contributed by atoms with Gasteiger partial charge in [0, 0.05) is 7.37 Å². The fourth-order valence-electron chi connectivity index (χ4n) is 2.54. The van der Waals surface area contributed by atoms with Gasteiger partial charge >= 0.3 is 0 Å². The van der Waals surface area contributed by atoms with Gasteiger partial charge in [0.05, 0.1) is 26.7 Å². The van der Waals surface area contributed by atoms with Crippen molar-refractivity contribution in [2.75, 3.05) is 13.4 Å². The van der Waals surface area contributed by atoms with Gasteiger partial charge < -0.3 is 19.3 Å². The normalized spacial score (nSPS) is 45.3. The van der Waals surface area contributed by atoms with Crippen LogP contribution in [0.3, 0.4) is 0 Å². The van der Waals surface area contributed by atoms with E-state index >= 15 is 0 Å². The van der Waals surface area contributed by atoms with Crippen LogP contribution in [-0.2, 0) is 14.2 Å². The summed E-state index contributed by atoms with van der Waals surface area (Å²) in [5.74, 6) is 0.318. The zero-order valence-corrected chi connectivity index (χ0v) is 10.5. The molecule has 0 aromatic rings. The van der Waals surface area contributed by atoms with E-state index in [1.165, 1.54) is 0 Å². The van der Waals surface area contributed by atoms with Gasteiger partial charge in [-0.1, -0.05) is 19.1 Å². The van der Waals surface area contributed by atoms with Crippen molar-refractivity contribution in [2.45, 2.75) is 56.3 Å². The molecule has 0 aromatic heterocycles. The molecule has 1 aliphatic heterocycles. The summed E-state index contributed by atoms with van der Waals surface area (Å²) in [4.78, 5) is 0. The molecule has 0 aromatic carbocycles. The van der Waals surface area contributed by atoms with E-state index < -0.39 is 12.1 Å². The highest BCUT2D eigenvalue weighted by molar-refractivity contribution is 6.11. The van der Waals surface area contributed by atoms with Crippen LogP contribution in [0.2, 0.25) is 5.82 Å². The first-order valence-electron chi connectivity index (χ1n) is 7.14. The lowest BCUT2D eigenvalue weighted by molar-refractivity contribution is -0.125. The van der Waals surface area contributed by atoms with E-state index in [1.807, 2.05) is 0 Å². The standard InChI is InChI=1S/C12H20B2O4/c1-7-2-8(13)3-10(7)17-6-16-5-11-9(15)4-12(14)18-11/h7-12,15H,2-6H2,1H3/i1D. The van der Waals surface area contributed by atoms with Gasteiger partial charge in [-0.05, 0) is 18.8 Å². The average molecular weight is 251 g/mol. The van der Waals surface area contributed by atoms with Crippen molar-refractivity contribution < 1.29 is 20.7 Å². The van der Waals surface area contributed by atoms with E-state index in [0.717, 1.165) is 12.8 Å². The zero-order valence-electron chi connectivity index (χ0n) is 11.5. The first kappa shape index (κ1) is 13.0. The third-order valence-electron chi connectivity index (χ3n) is 3.57. The minimum atomic E-state index is -0.573. The average Bonchev–Trinajstić information content (AvgIpc) is 2.87. The number of hydrogen-bond acceptors (Lipinski definition) is 4. The van der Waals surface area contributed by atoms with Crippen molar-refractivity contribution in [2.24, 2.45) is 5.92 Å². The van der Waals surface area contributed by atoms with Crippen LogP contribution in [0, 0.1) is 5.92 Å². The minimum absolute atomic E-state index is 0.00387. The summed E-state index contributed by atoms with van der Waals surface area (Å²) in [5.41, 5.74) is 0. The molecule has 1 saturated heterocycles. The molecule has 2 rings (SSSR count). The van der Waals surface area contributed by atoms with Crippen molar-refractivity contribution in [3.63, 3.8) is 0 Å². The summed E-state index contributed by atoms with van der Waals surface area (Å²) in [7, 11) is 11.4. The maximum Gasteiger partial charge on any atom is 0.147 e. The third-order valence-corrected chi connectivity index (χ3v) is 3.57. The third kappa shape index (κ3) is 3.73. The quantitative estimate of drug-likeness (QED) is 0.436. The number of ether oxygens (including phenoxy) is 3. The van der Waals surface area contributed by atoms with E-state index in [2.05, 4.69) is 0 Å². The Bertz CT molecular complexity index is 284. The smallest absolute Gasteiger partial charge is 0.147 e. The molecule has 2 fully saturated rings. The molecule has 18 heavy (non-hydrogen) atoms. The lowest BCUT2D eigenvalue weighted by Gasteiger charge is -2.18. The maximum absolute atomic E-state index is 9.62. The number of aliphatic hydroxyl groups is 1. The molecular formula is C12H20B2O4. The Labute approximate surface area is 113 Å². The van der Waals surface area contributed by atoms with Gasteiger partial charge in [-0.3, -0.25) is 0 Å². The van der Waals surface area contributed by atoms with Gasteiger partial charge in [-0.2, -0.15) is 0 Å². The molecular weight excluding hydrogens is 230 g/mol. The zero-order chi connectivity index (χ0) is 13.8. The molecule has 4 radical (unpaired) electrons. The van der Waals surface area contributed by atoms with Gasteiger partial charge in [0.15, 0.2) is 0 Å². The predicted octanol–water partition coefficient (Wildman–Crippen LogP) is 0.377. The number of hydrogen-bond donors (Lipinski definition) is 1. The molecule has 6 unspecified atom stereocenters. The van der Waals surface area contributed by atoms with Crippen LogP contribution in [0.1, 0.15) is 27.5 Å². The van der Waals surface area contributed by atoms with Crippen LogP contribution >= 0.6 is 0 Å². The van der Waals surface area contributed by atoms with E-state index in [-0.39, 0.29) is 37.3 Å². The molecule has 1 aliphatic carbocycles. The van der Waals surface area contributed by atoms with Crippen LogP contribution in [0.5, 0.6) is 0 Å². The summed E-state index contributed by atoms with van der Waals surface area (Å²) >= 11 is 0. The van der Waals surface area contributed by atoms with Crippen LogP contribution < -0.4 is 0 Å². The molecule has 0 bridgehead atoms. The Kier molecular flexibility index (Phi) is 4.63. The van der Waals surface area contributed by atoms with Gasteiger partial charge in [0.1, 0.15) is 20.7 Å². The van der Waals surface area contributed by atoms with Crippen molar-refractivity contribution in [3.8, 4) is 0 Å². The lowest BCUT2D eigenvalue weighted by Crippen LogP contribution is -2.28. The highest BCUT2D eigenvalue weighted by atomic mass is 16.7. The van der Waals surface area contributed by atoms with Crippen LogP contribution in [0.25, 0.3) is 0 Å². The molecule has 1 N–H and O–H groups in total. The van der Waals surface area contributed by atoms with Crippen LogP contribution in [0.15, 0.2) is 0 Å². The predicted molar refractivity (Wildman–Crippen MR) is 68.6 cm³/mol. The second-order valence-corrected chi connectivity index (χ2v) is 5.20. The molecule has 6 heteroatoms. The second-order valence-electron chi connectivity index (χ2n) is 5.20. The van der Waals surface area contributed by atoms with Crippen LogP contribution in [0.4, 0.5) is 0 Å². The van der Waals surface area contributed by atoms with Gasteiger partial charge in [-0.15, -0.1) is 0 Å². The van der Waals surface area contributed by atoms with Gasteiger partial charge in [0.25, 0.3) is 0 Å². The molecule has 2 aliphatic rings. The summed E-state index contributed by atoms with van der Waals surface area (Å²) in [5, 5.41) is 9.62. The van der Waals surface area contributed by atoms with Crippen molar-refractivity contribution in [3.05, 3.63) is 0 Å². The molecule has 0 spiro atoms. The highest BCUT2D eigenvalue weighted by Crippen LogP contribution is 2.34. The first-order chi connectivity index (χ1) is 9.10. The Morgan fingerprint density at radius 3 is 2.89 bits per heavy atom. The van der Waals surface area contributed by atoms with Crippen LogP contribution in [-0.4, -0.2) is 58.5 Å². The molecule has 6 atom stereocenters. The molecule has 1 heterocycles. The van der Waals surface area contributed by atoms with E-state index in [9.17, 15) is 5.11 Å². The Hall–Kier alpha value is -0.0301. The van der Waals surface area contributed by atoms with E-state index in [4.69, 9.17) is 31.3 Å². The fraction of sp³-hybridized carbons (Fsp3) is 1.00. The summed E-state index contributed by atoms with van der Waals surface area (Å²) in [6.45, 7) is 0.729. The first-order valence-corrected chi connectivity index (χ1v) is 6.43. The van der Waals surface area contributed by atoms with Gasteiger partial charge in [-0.25, -0.2) is 0 Å². The largest absolute Gasteiger partial charge is 0.390 e. The van der Waals surface area contributed by atoms with Crippen molar-refractivity contribution in [1.82, 2.24) is 0 Å².